The van der Waals surface area contributed by atoms with E-state index in [0.717, 1.165) is 23.0 Å². The predicted molar refractivity (Wildman–Crippen MR) is 60.0 cm³/mol. The molecule has 0 spiro atoms. The third-order valence-corrected chi connectivity index (χ3v) is 2.89. The maximum atomic E-state index is 4.44. The van der Waals surface area contributed by atoms with E-state index in [2.05, 4.69) is 25.8 Å². The van der Waals surface area contributed by atoms with E-state index in [0.29, 0.717) is 0 Å². The Morgan fingerprint density at radius 1 is 1.47 bits per heavy atom. The molecule has 0 amide bonds. The molecule has 0 saturated heterocycles. The highest BCUT2D eigenvalue weighted by molar-refractivity contribution is 7.02. The largest absolute Gasteiger partial charge is 0.304 e. The van der Waals surface area contributed by atoms with Crippen LogP contribution in [0.4, 0.5) is 5.82 Å². The van der Waals surface area contributed by atoms with Gasteiger partial charge in [0.2, 0.25) is 4.80 Å². The van der Waals surface area contributed by atoms with Crippen molar-refractivity contribution < 1.29 is 0 Å². The van der Waals surface area contributed by atoms with Gasteiger partial charge in [-0.1, -0.05) is 6.07 Å². The Bertz CT molecular complexity index is 498. The van der Waals surface area contributed by atoms with Crippen LogP contribution >= 0.6 is 11.5 Å². The van der Waals surface area contributed by atoms with Crippen molar-refractivity contribution >= 4 is 17.4 Å². The second kappa shape index (κ2) is 4.35. The minimum absolute atomic E-state index is 0.725. The van der Waals surface area contributed by atoms with Crippen molar-refractivity contribution in [1.82, 2.24) is 13.9 Å². The van der Waals surface area contributed by atoms with Gasteiger partial charge in [-0.2, -0.15) is 9.37 Å². The smallest absolute Gasteiger partial charge is 0.210 e. The van der Waals surface area contributed by atoms with Crippen LogP contribution in [0.2, 0.25) is 0 Å². The summed E-state index contributed by atoms with van der Waals surface area (Å²) in [7, 11) is 0. The molecule has 0 aliphatic heterocycles. The first-order valence-corrected chi connectivity index (χ1v) is 5.57. The van der Waals surface area contributed by atoms with E-state index >= 15 is 0 Å². The molecule has 0 saturated carbocycles. The Morgan fingerprint density at radius 2 is 2.33 bits per heavy atom. The summed E-state index contributed by atoms with van der Waals surface area (Å²) in [6.07, 6.45) is 1.74. The number of hydrogen-bond donors (Lipinski definition) is 0. The Labute approximate surface area is 92.1 Å². The lowest BCUT2D eigenvalue weighted by Crippen LogP contribution is -2.14. The van der Waals surface area contributed by atoms with Gasteiger partial charge in [-0.25, -0.2) is 4.98 Å². The van der Waals surface area contributed by atoms with Crippen molar-refractivity contribution in [2.45, 2.75) is 20.4 Å². The van der Waals surface area contributed by atoms with Crippen LogP contribution in [-0.2, 0) is 6.54 Å². The highest BCUT2D eigenvalue weighted by Crippen LogP contribution is 2.04. The number of aryl methyl sites for hydroxylation is 1. The van der Waals surface area contributed by atoms with Gasteiger partial charge in [-0.15, -0.1) is 0 Å². The van der Waals surface area contributed by atoms with Crippen LogP contribution in [0, 0.1) is 6.92 Å². The third-order valence-electron chi connectivity index (χ3n) is 2.06. The van der Waals surface area contributed by atoms with Crippen LogP contribution in [0.1, 0.15) is 12.7 Å². The molecule has 2 aromatic heterocycles. The summed E-state index contributed by atoms with van der Waals surface area (Å²) in [6, 6.07) is 5.69. The zero-order chi connectivity index (χ0) is 10.7. The van der Waals surface area contributed by atoms with E-state index in [9.17, 15) is 0 Å². The van der Waals surface area contributed by atoms with Crippen molar-refractivity contribution in [3.05, 3.63) is 35.0 Å². The summed E-state index contributed by atoms with van der Waals surface area (Å²) >= 11 is 1.40. The predicted octanol–water partition coefficient (Wildman–Crippen LogP) is 1.90. The fourth-order valence-corrected chi connectivity index (χ4v) is 2.11. The molecule has 0 aliphatic rings. The number of rotatable bonds is 2. The molecule has 15 heavy (non-hydrogen) atoms. The number of pyridine rings is 1. The van der Waals surface area contributed by atoms with Crippen LogP contribution in [-0.4, -0.2) is 13.9 Å². The van der Waals surface area contributed by atoms with E-state index in [1.165, 1.54) is 11.5 Å². The molecule has 0 radical (unpaired) electrons. The topological polar surface area (TPSA) is 43.1 Å². The first kappa shape index (κ1) is 10.0. The molecule has 2 aromatic rings. The summed E-state index contributed by atoms with van der Waals surface area (Å²) in [4.78, 5) is 9.50. The lowest BCUT2D eigenvalue weighted by molar-refractivity contribution is 0.699. The van der Waals surface area contributed by atoms with Gasteiger partial charge in [0, 0.05) is 24.3 Å². The minimum atomic E-state index is 0.725. The molecule has 2 heterocycles. The molecule has 5 heteroatoms. The normalized spacial score (nSPS) is 12.0. The molecule has 0 unspecified atom stereocenters. The first-order chi connectivity index (χ1) is 7.31. The Balaban J connectivity index is 2.50. The van der Waals surface area contributed by atoms with E-state index in [1.807, 2.05) is 25.1 Å². The number of aromatic nitrogens is 3. The van der Waals surface area contributed by atoms with Crippen LogP contribution < -0.4 is 4.80 Å². The Kier molecular flexibility index (Phi) is 2.91. The minimum Gasteiger partial charge on any atom is -0.304 e. The lowest BCUT2D eigenvalue weighted by Gasteiger charge is -1.97. The van der Waals surface area contributed by atoms with E-state index in [1.54, 1.807) is 6.20 Å². The number of nitrogens with zero attached hydrogens (tertiary/aromatic N) is 4. The van der Waals surface area contributed by atoms with Crippen LogP contribution in [0.5, 0.6) is 0 Å². The summed E-state index contributed by atoms with van der Waals surface area (Å²) in [5.41, 5.74) is 0. The molecule has 4 nitrogen and oxygen atoms in total. The zero-order valence-electron chi connectivity index (χ0n) is 8.71. The Morgan fingerprint density at radius 3 is 3.00 bits per heavy atom. The highest BCUT2D eigenvalue weighted by Gasteiger charge is 1.99. The summed E-state index contributed by atoms with van der Waals surface area (Å²) in [6.45, 7) is 4.95. The van der Waals surface area contributed by atoms with E-state index < -0.39 is 0 Å². The average Bonchev–Trinajstić information content (AvgIpc) is 2.61. The molecule has 0 bridgehead atoms. The van der Waals surface area contributed by atoms with Gasteiger partial charge < -0.3 is 4.57 Å². The quantitative estimate of drug-likeness (QED) is 0.775. The molecular formula is C10H12N4S. The fraction of sp³-hybridized carbons (Fsp3) is 0.300. The van der Waals surface area contributed by atoms with E-state index in [4.69, 9.17) is 0 Å². The van der Waals surface area contributed by atoms with Gasteiger partial charge in [-0.05, 0) is 26.0 Å². The van der Waals surface area contributed by atoms with Crippen molar-refractivity contribution in [2.24, 2.45) is 4.99 Å². The molecule has 0 aliphatic carbocycles. The first-order valence-electron chi connectivity index (χ1n) is 4.80. The van der Waals surface area contributed by atoms with Crippen LogP contribution in [0.15, 0.2) is 29.4 Å². The second-order valence-electron chi connectivity index (χ2n) is 3.06. The highest BCUT2D eigenvalue weighted by atomic mass is 32.1. The van der Waals surface area contributed by atoms with Gasteiger partial charge in [0.25, 0.3) is 0 Å². The molecule has 0 aromatic carbocycles. The van der Waals surface area contributed by atoms with Gasteiger partial charge >= 0.3 is 0 Å². The lowest BCUT2D eigenvalue weighted by atomic mass is 10.5. The van der Waals surface area contributed by atoms with Crippen molar-refractivity contribution in [1.29, 1.82) is 0 Å². The van der Waals surface area contributed by atoms with Crippen molar-refractivity contribution in [3.63, 3.8) is 0 Å². The third kappa shape index (κ3) is 2.12. The summed E-state index contributed by atoms with van der Waals surface area (Å²) < 4.78 is 6.34. The summed E-state index contributed by atoms with van der Waals surface area (Å²) in [5.74, 6) is 1.72. The molecule has 0 fully saturated rings. The molecule has 0 atom stereocenters. The Hall–Kier alpha value is -1.49. The number of hydrogen-bond acceptors (Lipinski definition) is 4. The zero-order valence-corrected chi connectivity index (χ0v) is 9.53. The average molecular weight is 220 g/mol. The van der Waals surface area contributed by atoms with Gasteiger partial charge in [0.05, 0.1) is 0 Å². The van der Waals surface area contributed by atoms with Gasteiger partial charge in [0.1, 0.15) is 5.82 Å². The molecular weight excluding hydrogens is 208 g/mol. The SMILES string of the molecule is CCn1c(C)ns/c1=N\c1ccccn1. The van der Waals surface area contributed by atoms with E-state index in [-0.39, 0.29) is 0 Å². The van der Waals surface area contributed by atoms with Crippen molar-refractivity contribution in [3.8, 4) is 0 Å². The van der Waals surface area contributed by atoms with Crippen molar-refractivity contribution in [2.75, 3.05) is 0 Å². The standard InChI is InChI=1S/C10H12N4S/c1-3-14-8(2)13-15-10(14)12-9-6-4-5-7-11-9/h4-7H,3H2,1-2H3/b12-10-. The molecule has 78 valence electrons. The van der Waals surface area contributed by atoms with Crippen LogP contribution in [0.25, 0.3) is 0 Å². The second-order valence-corrected chi connectivity index (χ2v) is 3.79. The summed E-state index contributed by atoms with van der Waals surface area (Å²) in [5, 5.41) is 0. The maximum Gasteiger partial charge on any atom is 0.210 e. The molecule has 0 N–H and O–H groups in total. The van der Waals surface area contributed by atoms with Gasteiger partial charge in [0.15, 0.2) is 5.82 Å². The van der Waals surface area contributed by atoms with Crippen LogP contribution in [0.3, 0.4) is 0 Å². The fourth-order valence-electron chi connectivity index (χ4n) is 1.31. The molecule has 2 rings (SSSR count). The monoisotopic (exact) mass is 220 g/mol. The van der Waals surface area contributed by atoms with Gasteiger partial charge in [-0.3, -0.25) is 0 Å². The maximum absolute atomic E-state index is 4.44.